The van der Waals surface area contributed by atoms with Crippen LogP contribution in [0, 0.1) is 5.92 Å². The van der Waals surface area contributed by atoms with E-state index in [9.17, 15) is 4.79 Å². The number of hydrogen-bond donors (Lipinski definition) is 3. The number of amides is 1. The van der Waals surface area contributed by atoms with Gasteiger partial charge in [-0.2, -0.15) is 0 Å². The van der Waals surface area contributed by atoms with E-state index in [1.165, 1.54) is 10.9 Å². The summed E-state index contributed by atoms with van der Waals surface area (Å²) in [6.07, 6.45) is 3.79. The van der Waals surface area contributed by atoms with E-state index in [1.54, 1.807) is 0 Å². The van der Waals surface area contributed by atoms with Gasteiger partial charge in [0.15, 0.2) is 0 Å². The van der Waals surface area contributed by atoms with E-state index >= 15 is 0 Å². The molecule has 0 fully saturated rings. The number of carbonyl (C=O) groups is 1. The average molecular weight is 445 g/mol. The van der Waals surface area contributed by atoms with Gasteiger partial charge in [-0.3, -0.25) is 4.79 Å². The number of carbonyl (C=O) groups excluding carboxylic acids is 1. The Labute approximate surface area is 154 Å². The summed E-state index contributed by atoms with van der Waals surface area (Å²) in [5.74, 6) is 0.395. The Morgan fingerprint density at radius 3 is 2.65 bits per heavy atom. The first kappa shape index (κ1) is 18.5. The molecule has 2 aromatic rings. The summed E-state index contributed by atoms with van der Waals surface area (Å²) in [4.78, 5) is 15.6. The van der Waals surface area contributed by atoms with Gasteiger partial charge in [0.1, 0.15) is 0 Å². The van der Waals surface area contributed by atoms with Gasteiger partial charge in [-0.15, -0.1) is 0 Å². The molecule has 1 amide bonds. The van der Waals surface area contributed by atoms with Crippen molar-refractivity contribution in [1.82, 2.24) is 15.6 Å². The summed E-state index contributed by atoms with van der Waals surface area (Å²) in [6, 6.07) is 4.03. The highest BCUT2D eigenvalue weighted by molar-refractivity contribution is 9.13. The normalized spacial score (nSPS) is 14.0. The van der Waals surface area contributed by atoms with Gasteiger partial charge in [0.05, 0.1) is 6.04 Å². The van der Waals surface area contributed by atoms with Crippen molar-refractivity contribution in [3.05, 3.63) is 32.8 Å². The first-order valence-corrected chi connectivity index (χ1v) is 9.46. The van der Waals surface area contributed by atoms with Gasteiger partial charge in [-0.25, -0.2) is 0 Å². The molecule has 126 valence electrons. The Morgan fingerprint density at radius 1 is 1.30 bits per heavy atom. The summed E-state index contributed by atoms with van der Waals surface area (Å²) in [5.41, 5.74) is 2.30. The first-order chi connectivity index (χ1) is 11.0. The third-order valence-electron chi connectivity index (χ3n) is 4.31. The fourth-order valence-corrected chi connectivity index (χ4v) is 3.41. The topological polar surface area (TPSA) is 56.9 Å². The fraction of sp³-hybridized carbons (Fsp3) is 0.471. The van der Waals surface area contributed by atoms with E-state index in [1.807, 2.05) is 13.2 Å². The molecule has 1 aromatic heterocycles. The highest BCUT2D eigenvalue weighted by atomic mass is 79.9. The number of fused-ring (bicyclic) bond motifs is 1. The second-order valence-corrected chi connectivity index (χ2v) is 7.53. The van der Waals surface area contributed by atoms with Crippen LogP contribution in [0.15, 0.2) is 27.3 Å². The van der Waals surface area contributed by atoms with Gasteiger partial charge < -0.3 is 15.6 Å². The van der Waals surface area contributed by atoms with E-state index < -0.39 is 0 Å². The molecule has 0 aliphatic rings. The van der Waals surface area contributed by atoms with Crippen LogP contribution in [0.2, 0.25) is 0 Å². The van der Waals surface area contributed by atoms with E-state index in [2.05, 4.69) is 73.5 Å². The number of hydrogen-bond acceptors (Lipinski definition) is 2. The molecule has 23 heavy (non-hydrogen) atoms. The summed E-state index contributed by atoms with van der Waals surface area (Å²) < 4.78 is 2.05. The third-order valence-corrected chi connectivity index (χ3v) is 6.15. The average Bonchev–Trinajstić information content (AvgIpc) is 2.90. The second-order valence-electron chi connectivity index (χ2n) is 5.82. The molecule has 0 aliphatic carbocycles. The Kier molecular flexibility index (Phi) is 6.68. The van der Waals surface area contributed by atoms with Crippen molar-refractivity contribution in [1.29, 1.82) is 0 Å². The van der Waals surface area contributed by atoms with Crippen molar-refractivity contribution in [2.45, 2.75) is 32.7 Å². The molecule has 6 heteroatoms. The molecule has 3 N–H and O–H groups in total. The smallest absolute Gasteiger partial charge is 0.237 e. The Morgan fingerprint density at radius 2 is 2.00 bits per heavy atom. The summed E-state index contributed by atoms with van der Waals surface area (Å²) in [6.45, 7) is 4.83. The molecule has 0 radical (unpaired) electrons. The monoisotopic (exact) mass is 443 g/mol. The Hall–Kier alpha value is -0.850. The van der Waals surface area contributed by atoms with Crippen LogP contribution in [0.5, 0.6) is 0 Å². The van der Waals surface area contributed by atoms with Crippen molar-refractivity contribution in [2.75, 3.05) is 13.6 Å². The van der Waals surface area contributed by atoms with Crippen LogP contribution in [-0.2, 0) is 11.2 Å². The zero-order valence-electron chi connectivity index (χ0n) is 13.7. The number of likely N-dealkylation sites (N-methyl/N-ethyl adjacent to an activating group) is 1. The molecule has 0 spiro atoms. The summed E-state index contributed by atoms with van der Waals surface area (Å²) in [7, 11) is 1.84. The lowest BCUT2D eigenvalue weighted by Crippen LogP contribution is -2.46. The predicted octanol–water partition coefficient (Wildman–Crippen LogP) is 3.99. The van der Waals surface area contributed by atoms with E-state index in [4.69, 9.17) is 0 Å². The summed E-state index contributed by atoms with van der Waals surface area (Å²) in [5, 5.41) is 7.33. The van der Waals surface area contributed by atoms with E-state index in [0.29, 0.717) is 12.5 Å². The van der Waals surface area contributed by atoms with Gasteiger partial charge in [0.25, 0.3) is 0 Å². The van der Waals surface area contributed by atoms with Crippen LogP contribution in [0.3, 0.4) is 0 Å². The van der Waals surface area contributed by atoms with Crippen molar-refractivity contribution < 1.29 is 4.79 Å². The van der Waals surface area contributed by atoms with Crippen molar-refractivity contribution >= 4 is 48.7 Å². The van der Waals surface area contributed by atoms with Crippen LogP contribution in [0.1, 0.15) is 25.8 Å². The van der Waals surface area contributed by atoms with Crippen LogP contribution >= 0.6 is 31.9 Å². The largest absolute Gasteiger partial charge is 0.361 e. The van der Waals surface area contributed by atoms with E-state index in [-0.39, 0.29) is 11.9 Å². The summed E-state index contributed by atoms with van der Waals surface area (Å²) >= 11 is 7.05. The van der Waals surface area contributed by atoms with E-state index in [0.717, 1.165) is 27.3 Å². The molecule has 0 saturated heterocycles. The highest BCUT2D eigenvalue weighted by Gasteiger charge is 2.21. The minimum absolute atomic E-state index is 0.0746. The SMILES string of the molecule is CC[C@H](C)[C@H](NC)C(=O)NCCc1c[nH]c2cc(Br)c(Br)cc12. The maximum absolute atomic E-state index is 12.3. The number of nitrogens with one attached hydrogen (secondary N) is 3. The molecule has 0 saturated carbocycles. The molecule has 2 atom stereocenters. The minimum atomic E-state index is -0.131. The number of benzene rings is 1. The Bertz CT molecular complexity index is 684. The zero-order valence-corrected chi connectivity index (χ0v) is 16.8. The molecule has 0 bridgehead atoms. The number of aromatic amines is 1. The zero-order chi connectivity index (χ0) is 17.0. The molecular formula is C17H23Br2N3O. The van der Waals surface area contributed by atoms with Gasteiger partial charge in [-0.05, 0) is 68.9 Å². The molecular weight excluding hydrogens is 422 g/mol. The van der Waals surface area contributed by atoms with Gasteiger partial charge in [0.2, 0.25) is 5.91 Å². The van der Waals surface area contributed by atoms with Gasteiger partial charge in [0, 0.05) is 32.6 Å². The van der Waals surface area contributed by atoms with Gasteiger partial charge in [-0.1, -0.05) is 20.3 Å². The minimum Gasteiger partial charge on any atom is -0.361 e. The van der Waals surface area contributed by atoms with Crippen LogP contribution in [0.4, 0.5) is 0 Å². The van der Waals surface area contributed by atoms with Crippen molar-refractivity contribution in [3.8, 4) is 0 Å². The predicted molar refractivity (Wildman–Crippen MR) is 103 cm³/mol. The lowest BCUT2D eigenvalue weighted by Gasteiger charge is -2.21. The lowest BCUT2D eigenvalue weighted by molar-refractivity contribution is -0.124. The third kappa shape index (κ3) is 4.37. The lowest BCUT2D eigenvalue weighted by atomic mass is 9.98. The molecule has 2 rings (SSSR count). The number of rotatable bonds is 7. The molecule has 0 unspecified atom stereocenters. The molecule has 0 aliphatic heterocycles. The quantitative estimate of drug-likeness (QED) is 0.604. The van der Waals surface area contributed by atoms with Crippen molar-refractivity contribution in [2.24, 2.45) is 5.92 Å². The maximum Gasteiger partial charge on any atom is 0.237 e. The van der Waals surface area contributed by atoms with Crippen LogP contribution in [-0.4, -0.2) is 30.5 Å². The van der Waals surface area contributed by atoms with Crippen molar-refractivity contribution in [3.63, 3.8) is 0 Å². The number of H-pyrrole nitrogens is 1. The Balaban J connectivity index is 1.99. The van der Waals surface area contributed by atoms with Crippen LogP contribution < -0.4 is 10.6 Å². The van der Waals surface area contributed by atoms with Crippen LogP contribution in [0.25, 0.3) is 10.9 Å². The first-order valence-electron chi connectivity index (χ1n) is 7.87. The second kappa shape index (κ2) is 8.31. The maximum atomic E-state index is 12.3. The molecule has 1 aromatic carbocycles. The molecule has 1 heterocycles. The standard InChI is InChI=1S/C17H23Br2N3O/c1-4-10(2)16(20-3)17(23)21-6-5-11-9-22-15-8-14(19)13(18)7-12(11)15/h7-10,16,20,22H,4-6H2,1-3H3,(H,21,23)/t10-,16-/m0/s1. The molecule has 4 nitrogen and oxygen atoms in total. The fourth-order valence-electron chi connectivity index (χ4n) is 2.72. The highest BCUT2D eigenvalue weighted by Crippen LogP contribution is 2.30. The number of aromatic nitrogens is 1. The number of halogens is 2. The van der Waals surface area contributed by atoms with Gasteiger partial charge >= 0.3 is 0 Å².